The summed E-state index contributed by atoms with van der Waals surface area (Å²) in [5.74, 6) is -0.618. The van der Waals surface area contributed by atoms with Crippen LogP contribution in [0, 0.1) is 17.0 Å². The normalized spacial score (nSPS) is 20.6. The molecule has 0 spiro atoms. The zero-order chi connectivity index (χ0) is 27.4. The van der Waals surface area contributed by atoms with Crippen LogP contribution in [0.25, 0.3) is 32.9 Å². The van der Waals surface area contributed by atoms with Gasteiger partial charge in [-0.2, -0.15) is 9.97 Å². The van der Waals surface area contributed by atoms with E-state index in [1.165, 1.54) is 6.07 Å². The van der Waals surface area contributed by atoms with Crippen molar-refractivity contribution in [3.05, 3.63) is 54.2 Å². The third kappa shape index (κ3) is 5.01. The molecule has 4 aromatic rings. The van der Waals surface area contributed by atoms with Crippen molar-refractivity contribution in [2.45, 2.75) is 38.2 Å². The fourth-order valence-electron chi connectivity index (χ4n) is 5.82. The first-order valence-electron chi connectivity index (χ1n) is 13.4. The Morgan fingerprint density at radius 3 is 2.56 bits per heavy atom. The van der Waals surface area contributed by atoms with Gasteiger partial charge in [-0.3, -0.25) is 4.98 Å². The van der Waals surface area contributed by atoms with Crippen LogP contribution in [-0.2, 0) is 0 Å². The smallest absolute Gasteiger partial charge is 0.319 e. The molecule has 2 aromatic heterocycles. The van der Waals surface area contributed by atoms with Crippen molar-refractivity contribution in [2.24, 2.45) is 5.41 Å². The quantitative estimate of drug-likeness (QED) is 0.350. The molecule has 2 fully saturated rings. The molecule has 9 heteroatoms. The van der Waals surface area contributed by atoms with Gasteiger partial charge in [0.05, 0.1) is 17.6 Å². The van der Waals surface area contributed by atoms with E-state index in [0.29, 0.717) is 53.7 Å². The second-order valence-corrected chi connectivity index (χ2v) is 11.7. The maximum atomic E-state index is 16.3. The number of aromatic nitrogens is 3. The predicted octanol–water partition coefficient (Wildman–Crippen LogP) is 5.20. The van der Waals surface area contributed by atoms with E-state index in [0.717, 1.165) is 25.8 Å². The molecule has 1 aliphatic heterocycles. The summed E-state index contributed by atoms with van der Waals surface area (Å²) in [4.78, 5) is 17.8. The van der Waals surface area contributed by atoms with E-state index in [-0.39, 0.29) is 22.6 Å². The molecule has 1 atom stereocenters. The van der Waals surface area contributed by atoms with Crippen LogP contribution in [-0.4, -0.2) is 70.9 Å². The van der Waals surface area contributed by atoms with Gasteiger partial charge in [0, 0.05) is 42.2 Å². The van der Waals surface area contributed by atoms with Crippen LogP contribution >= 0.6 is 0 Å². The number of ether oxygens (including phenoxy) is 1. The zero-order valence-corrected chi connectivity index (χ0v) is 22.5. The zero-order valence-electron chi connectivity index (χ0n) is 22.5. The molecule has 1 N–H and O–H groups in total. The molecule has 3 heterocycles. The minimum absolute atomic E-state index is 0.0192. The molecular formula is C30H33F2N5O2. The van der Waals surface area contributed by atoms with Gasteiger partial charge in [0.2, 0.25) is 0 Å². The van der Waals surface area contributed by atoms with Gasteiger partial charge in [0.1, 0.15) is 22.8 Å². The number of hydrogen-bond donors (Lipinski definition) is 1. The van der Waals surface area contributed by atoms with Gasteiger partial charge in [-0.15, -0.1) is 0 Å². The summed E-state index contributed by atoms with van der Waals surface area (Å²) in [5.41, 5.74) is -0.412. The molecule has 1 saturated carbocycles. The van der Waals surface area contributed by atoms with Crippen molar-refractivity contribution in [1.82, 2.24) is 19.9 Å². The van der Waals surface area contributed by atoms with Gasteiger partial charge in [-0.1, -0.05) is 30.3 Å². The summed E-state index contributed by atoms with van der Waals surface area (Å²) in [7, 11) is 4.07. The van der Waals surface area contributed by atoms with Crippen molar-refractivity contribution >= 4 is 27.5 Å². The Morgan fingerprint density at radius 1 is 1.08 bits per heavy atom. The first kappa shape index (κ1) is 25.8. The molecule has 6 rings (SSSR count). The molecule has 0 radical (unpaired) electrons. The summed E-state index contributed by atoms with van der Waals surface area (Å²) >= 11 is 0. The minimum Gasteiger partial charge on any atom is -0.463 e. The molecule has 1 unspecified atom stereocenters. The number of halogens is 2. The number of nitrogens with zero attached hydrogens (tertiary/aromatic N) is 5. The van der Waals surface area contributed by atoms with Crippen LogP contribution < -0.4 is 9.64 Å². The Bertz CT molecular complexity index is 1550. The highest BCUT2D eigenvalue weighted by Gasteiger charge is 2.44. The Labute approximate surface area is 226 Å². The lowest BCUT2D eigenvalue weighted by Gasteiger charge is -2.37. The number of hydrogen-bond acceptors (Lipinski definition) is 7. The van der Waals surface area contributed by atoms with Gasteiger partial charge in [-0.25, -0.2) is 8.78 Å². The van der Waals surface area contributed by atoms with Crippen molar-refractivity contribution in [2.75, 3.05) is 45.2 Å². The van der Waals surface area contributed by atoms with Crippen molar-refractivity contribution in [1.29, 1.82) is 0 Å². The fourth-order valence-corrected chi connectivity index (χ4v) is 5.82. The highest BCUT2D eigenvalue weighted by molar-refractivity contribution is 5.99. The number of piperidine rings is 1. The standard InChI is InChI=1S/C30H33F2N5O2/c1-29(38)11-6-14-37(16-29)27-21-15-33-25(20-9-4-7-19-8-5-10-22(31)23(19)20)24(32)26(21)34-28(35-27)39-18-30(12-13-30)17-36(2)3/h4-5,7-10,15,38H,6,11-14,16-18H2,1-3H3. The molecule has 1 aliphatic carbocycles. The number of rotatable bonds is 7. The third-order valence-corrected chi connectivity index (χ3v) is 7.84. The SMILES string of the molecule is CN(C)CC1(COc2nc(N3CCCC(C)(O)C3)c3cnc(-c4cccc5cccc(F)c45)c(F)c3n2)CC1. The largest absolute Gasteiger partial charge is 0.463 e. The van der Waals surface area contributed by atoms with E-state index >= 15 is 4.39 Å². The fraction of sp³-hybridized carbons (Fsp3) is 0.433. The molecule has 1 saturated heterocycles. The van der Waals surface area contributed by atoms with E-state index in [9.17, 15) is 9.50 Å². The molecule has 0 amide bonds. The van der Waals surface area contributed by atoms with E-state index < -0.39 is 17.2 Å². The number of anilines is 1. The van der Waals surface area contributed by atoms with Crippen molar-refractivity contribution in [3.8, 4) is 17.3 Å². The highest BCUT2D eigenvalue weighted by atomic mass is 19.1. The summed E-state index contributed by atoms with van der Waals surface area (Å²) < 4.78 is 37.4. The molecule has 7 nitrogen and oxygen atoms in total. The molecular weight excluding hydrogens is 500 g/mol. The van der Waals surface area contributed by atoms with Crippen LogP contribution in [0.5, 0.6) is 6.01 Å². The Balaban J connectivity index is 1.48. The average molecular weight is 534 g/mol. The maximum absolute atomic E-state index is 16.3. The van der Waals surface area contributed by atoms with Gasteiger partial charge < -0.3 is 19.6 Å². The van der Waals surface area contributed by atoms with Crippen LogP contribution in [0.1, 0.15) is 32.6 Å². The van der Waals surface area contributed by atoms with Crippen LogP contribution in [0.15, 0.2) is 42.6 Å². The Kier molecular flexibility index (Phi) is 6.38. The Morgan fingerprint density at radius 2 is 1.85 bits per heavy atom. The van der Waals surface area contributed by atoms with Gasteiger partial charge >= 0.3 is 6.01 Å². The molecule has 204 valence electrons. The first-order valence-corrected chi connectivity index (χ1v) is 13.4. The summed E-state index contributed by atoms with van der Waals surface area (Å²) in [6, 6.07) is 10.1. The number of benzene rings is 2. The monoisotopic (exact) mass is 533 g/mol. The minimum atomic E-state index is -0.896. The summed E-state index contributed by atoms with van der Waals surface area (Å²) in [6.45, 7) is 4.12. The molecule has 39 heavy (non-hydrogen) atoms. The number of aliphatic hydroxyl groups is 1. The molecule has 2 aromatic carbocycles. The van der Waals surface area contributed by atoms with Gasteiger partial charge in [0.15, 0.2) is 5.82 Å². The lowest BCUT2D eigenvalue weighted by Crippen LogP contribution is -2.46. The van der Waals surface area contributed by atoms with E-state index in [1.807, 2.05) is 19.0 Å². The van der Waals surface area contributed by atoms with Gasteiger partial charge in [0.25, 0.3) is 0 Å². The lowest BCUT2D eigenvalue weighted by molar-refractivity contribution is 0.0447. The van der Waals surface area contributed by atoms with Crippen LogP contribution in [0.3, 0.4) is 0 Å². The molecule has 0 bridgehead atoms. The third-order valence-electron chi connectivity index (χ3n) is 7.84. The summed E-state index contributed by atoms with van der Waals surface area (Å²) in [5, 5.41) is 12.2. The first-order chi connectivity index (χ1) is 18.6. The van der Waals surface area contributed by atoms with Crippen LogP contribution in [0.4, 0.5) is 14.6 Å². The lowest BCUT2D eigenvalue weighted by atomic mass is 9.95. The van der Waals surface area contributed by atoms with Crippen molar-refractivity contribution < 1.29 is 18.6 Å². The summed E-state index contributed by atoms with van der Waals surface area (Å²) in [6.07, 6.45) is 5.09. The number of pyridine rings is 1. The van der Waals surface area contributed by atoms with E-state index in [1.54, 1.807) is 43.5 Å². The average Bonchev–Trinajstić information content (AvgIpc) is 3.65. The Hall–Kier alpha value is -3.43. The predicted molar refractivity (Wildman–Crippen MR) is 148 cm³/mol. The highest BCUT2D eigenvalue weighted by Crippen LogP contribution is 2.46. The second-order valence-electron chi connectivity index (χ2n) is 11.7. The second kappa shape index (κ2) is 9.64. The van der Waals surface area contributed by atoms with E-state index in [4.69, 9.17) is 9.72 Å². The van der Waals surface area contributed by atoms with Crippen LogP contribution in [0.2, 0.25) is 0 Å². The van der Waals surface area contributed by atoms with Crippen molar-refractivity contribution in [3.63, 3.8) is 0 Å². The maximum Gasteiger partial charge on any atom is 0.319 e. The van der Waals surface area contributed by atoms with E-state index in [2.05, 4.69) is 14.9 Å². The topological polar surface area (TPSA) is 74.6 Å². The number of fused-ring (bicyclic) bond motifs is 2. The van der Waals surface area contributed by atoms with Gasteiger partial charge in [-0.05, 0) is 58.2 Å². The molecule has 2 aliphatic rings. The number of β-amino-alcohol motifs (C(OH)–C–C–N with tert-alkyl or cyclic N) is 1.